The van der Waals surface area contributed by atoms with Gasteiger partial charge in [0.1, 0.15) is 0 Å². The molecule has 0 spiro atoms. The minimum absolute atomic E-state index is 0.241. The van der Waals surface area contributed by atoms with Gasteiger partial charge in [-0.3, -0.25) is 0 Å². The molecule has 0 fully saturated rings. The topological polar surface area (TPSA) is 26.0 Å². The highest BCUT2D eigenvalue weighted by Gasteiger charge is 2.02. The summed E-state index contributed by atoms with van der Waals surface area (Å²) in [5, 5.41) is 0. The number of unbranched alkanes of at least 4 members (excludes halogenated alkanes) is 1. The average Bonchev–Trinajstić information content (AvgIpc) is 2.20. The Kier molecular flexibility index (Phi) is 4.82. The molecule has 0 heterocycles. The monoisotopic (exact) mass is 187 g/mol. The summed E-state index contributed by atoms with van der Waals surface area (Å²) in [6.07, 6.45) is 9.01. The predicted octanol–water partition coefficient (Wildman–Crippen LogP) is 2.36. The van der Waals surface area contributed by atoms with Crippen molar-refractivity contribution in [1.29, 1.82) is 0 Å². The quantitative estimate of drug-likeness (QED) is 0.556. The van der Waals surface area contributed by atoms with Gasteiger partial charge < -0.3 is 5.73 Å². The lowest BCUT2D eigenvalue weighted by atomic mass is 10.0. The number of rotatable bonds is 5. The first-order valence-electron chi connectivity index (χ1n) is 5.06. The van der Waals surface area contributed by atoms with Crippen molar-refractivity contribution in [2.24, 2.45) is 5.73 Å². The first-order valence-corrected chi connectivity index (χ1v) is 5.06. The predicted molar refractivity (Wildman–Crippen MR) is 60.8 cm³/mol. The van der Waals surface area contributed by atoms with E-state index in [1.807, 2.05) is 18.2 Å². The van der Waals surface area contributed by atoms with E-state index < -0.39 is 0 Å². The Labute approximate surface area is 86.3 Å². The molecular weight excluding hydrogens is 170 g/mol. The molecular formula is C13H17N. The Morgan fingerprint density at radius 1 is 1.29 bits per heavy atom. The first-order chi connectivity index (χ1) is 6.83. The summed E-state index contributed by atoms with van der Waals surface area (Å²) in [5.41, 5.74) is 7.28. The van der Waals surface area contributed by atoms with Gasteiger partial charge in [0.2, 0.25) is 0 Å². The van der Waals surface area contributed by atoms with Crippen LogP contribution in [0.5, 0.6) is 0 Å². The SMILES string of the molecule is C#CCCCC(N)Cc1ccccc1. The van der Waals surface area contributed by atoms with E-state index in [1.54, 1.807) is 0 Å². The molecule has 1 aromatic carbocycles. The molecule has 1 heteroatoms. The molecule has 0 radical (unpaired) electrons. The minimum atomic E-state index is 0.241. The lowest BCUT2D eigenvalue weighted by molar-refractivity contribution is 0.587. The van der Waals surface area contributed by atoms with Crippen molar-refractivity contribution in [3.63, 3.8) is 0 Å². The number of terminal acetylenes is 1. The zero-order valence-corrected chi connectivity index (χ0v) is 8.45. The summed E-state index contributed by atoms with van der Waals surface area (Å²) in [4.78, 5) is 0. The molecule has 1 nitrogen and oxygen atoms in total. The minimum Gasteiger partial charge on any atom is -0.327 e. The first kappa shape index (κ1) is 10.8. The number of nitrogens with two attached hydrogens (primary N) is 1. The number of hydrogen-bond donors (Lipinski definition) is 1. The Balaban J connectivity index is 2.28. The molecule has 1 rings (SSSR count). The highest BCUT2D eigenvalue weighted by Crippen LogP contribution is 2.06. The molecule has 0 aliphatic rings. The smallest absolute Gasteiger partial charge is 0.00866 e. The number of hydrogen-bond acceptors (Lipinski definition) is 1. The maximum atomic E-state index is 5.98. The van der Waals surface area contributed by atoms with Crippen LogP contribution >= 0.6 is 0 Å². The van der Waals surface area contributed by atoms with Crippen LogP contribution in [0.4, 0.5) is 0 Å². The van der Waals surface area contributed by atoms with E-state index in [9.17, 15) is 0 Å². The summed E-state index contributed by atoms with van der Waals surface area (Å²) >= 11 is 0. The van der Waals surface area contributed by atoms with Gasteiger partial charge >= 0.3 is 0 Å². The third kappa shape index (κ3) is 4.11. The van der Waals surface area contributed by atoms with Gasteiger partial charge in [-0.15, -0.1) is 12.3 Å². The molecule has 0 aromatic heterocycles. The fraction of sp³-hybridized carbons (Fsp3) is 0.385. The van der Waals surface area contributed by atoms with E-state index >= 15 is 0 Å². The van der Waals surface area contributed by atoms with Gasteiger partial charge in [0.25, 0.3) is 0 Å². The van der Waals surface area contributed by atoms with Crippen molar-refractivity contribution in [3.05, 3.63) is 35.9 Å². The van der Waals surface area contributed by atoms with Crippen LogP contribution in [0.25, 0.3) is 0 Å². The van der Waals surface area contributed by atoms with Crippen LogP contribution in [-0.2, 0) is 6.42 Å². The van der Waals surface area contributed by atoms with E-state index in [0.717, 1.165) is 25.7 Å². The largest absolute Gasteiger partial charge is 0.327 e. The van der Waals surface area contributed by atoms with Crippen molar-refractivity contribution in [2.75, 3.05) is 0 Å². The maximum absolute atomic E-state index is 5.98. The second-order valence-corrected chi connectivity index (χ2v) is 3.55. The fourth-order valence-corrected chi connectivity index (χ4v) is 1.49. The van der Waals surface area contributed by atoms with Gasteiger partial charge in [-0.25, -0.2) is 0 Å². The van der Waals surface area contributed by atoms with Crippen molar-refractivity contribution >= 4 is 0 Å². The molecule has 74 valence electrons. The lowest BCUT2D eigenvalue weighted by Crippen LogP contribution is -2.22. The molecule has 0 saturated heterocycles. The van der Waals surface area contributed by atoms with E-state index in [1.165, 1.54) is 5.56 Å². The molecule has 1 unspecified atom stereocenters. The molecule has 0 aliphatic carbocycles. The van der Waals surface area contributed by atoms with Crippen LogP contribution in [0.3, 0.4) is 0 Å². The molecule has 2 N–H and O–H groups in total. The van der Waals surface area contributed by atoms with Crippen LogP contribution in [0.1, 0.15) is 24.8 Å². The van der Waals surface area contributed by atoms with Gasteiger partial charge in [0.15, 0.2) is 0 Å². The summed E-state index contributed by atoms with van der Waals surface area (Å²) in [6.45, 7) is 0. The zero-order chi connectivity index (χ0) is 10.2. The van der Waals surface area contributed by atoms with Crippen molar-refractivity contribution in [2.45, 2.75) is 31.7 Å². The third-order valence-electron chi connectivity index (χ3n) is 2.24. The molecule has 0 bridgehead atoms. The maximum Gasteiger partial charge on any atom is 0.00866 e. The summed E-state index contributed by atoms with van der Waals surface area (Å²) in [5.74, 6) is 2.63. The molecule has 1 atom stereocenters. The molecule has 0 saturated carbocycles. The van der Waals surface area contributed by atoms with Crippen LogP contribution < -0.4 is 5.73 Å². The van der Waals surface area contributed by atoms with Crippen LogP contribution in [-0.4, -0.2) is 6.04 Å². The van der Waals surface area contributed by atoms with E-state index in [4.69, 9.17) is 12.2 Å². The van der Waals surface area contributed by atoms with Gasteiger partial charge in [0.05, 0.1) is 0 Å². The summed E-state index contributed by atoms with van der Waals surface area (Å²) in [7, 11) is 0. The van der Waals surface area contributed by atoms with Gasteiger partial charge in [-0.05, 0) is 24.8 Å². The Hall–Kier alpha value is -1.26. The van der Waals surface area contributed by atoms with Crippen molar-refractivity contribution in [3.8, 4) is 12.3 Å². The van der Waals surface area contributed by atoms with E-state index in [0.29, 0.717) is 0 Å². The van der Waals surface area contributed by atoms with Crippen LogP contribution in [0.2, 0.25) is 0 Å². The lowest BCUT2D eigenvalue weighted by Gasteiger charge is -2.10. The summed E-state index contributed by atoms with van der Waals surface area (Å²) < 4.78 is 0. The third-order valence-corrected chi connectivity index (χ3v) is 2.24. The van der Waals surface area contributed by atoms with E-state index in [2.05, 4.69) is 18.1 Å². The molecule has 0 amide bonds. The Morgan fingerprint density at radius 2 is 2.00 bits per heavy atom. The second-order valence-electron chi connectivity index (χ2n) is 3.55. The molecule has 1 aromatic rings. The normalized spacial score (nSPS) is 12.0. The summed E-state index contributed by atoms with van der Waals surface area (Å²) in [6, 6.07) is 10.6. The van der Waals surface area contributed by atoms with Crippen molar-refractivity contribution < 1.29 is 0 Å². The van der Waals surface area contributed by atoms with Crippen LogP contribution in [0, 0.1) is 12.3 Å². The standard InChI is InChI=1S/C13H17N/c1-2-3-5-10-13(14)11-12-8-6-4-7-9-12/h1,4,6-9,13H,3,5,10-11,14H2. The number of benzene rings is 1. The molecule has 0 aliphatic heterocycles. The van der Waals surface area contributed by atoms with Gasteiger partial charge in [-0.2, -0.15) is 0 Å². The van der Waals surface area contributed by atoms with Gasteiger partial charge in [-0.1, -0.05) is 30.3 Å². The molecule has 14 heavy (non-hydrogen) atoms. The van der Waals surface area contributed by atoms with Crippen molar-refractivity contribution in [1.82, 2.24) is 0 Å². The Bertz CT molecular complexity index is 284. The van der Waals surface area contributed by atoms with Crippen LogP contribution in [0.15, 0.2) is 30.3 Å². The Morgan fingerprint density at radius 3 is 2.64 bits per heavy atom. The highest BCUT2D eigenvalue weighted by atomic mass is 14.6. The average molecular weight is 187 g/mol. The zero-order valence-electron chi connectivity index (χ0n) is 8.45. The second kappa shape index (κ2) is 6.23. The van der Waals surface area contributed by atoms with Gasteiger partial charge in [0, 0.05) is 12.5 Å². The fourth-order valence-electron chi connectivity index (χ4n) is 1.49. The van der Waals surface area contributed by atoms with E-state index in [-0.39, 0.29) is 6.04 Å². The highest BCUT2D eigenvalue weighted by molar-refractivity contribution is 5.15.